The normalized spacial score (nSPS) is 57.1. The van der Waals surface area contributed by atoms with Crippen LogP contribution in [0.2, 0.25) is 0 Å². The molecule has 0 aromatic carbocycles. The molecule has 5 rings (SSSR count). The SMILES string of the molecule is C[C@@]12CCC[C@H]1[C@@H]1CC[C@H]3C[C@H](O)C(OC4CC4)C[C@]3(C)[C@H]1CC2. The van der Waals surface area contributed by atoms with E-state index in [9.17, 15) is 5.11 Å². The van der Waals surface area contributed by atoms with Crippen molar-refractivity contribution >= 4 is 0 Å². The number of aliphatic hydroxyl groups is 1. The molecule has 0 radical (unpaired) electrons. The Morgan fingerprint density at radius 3 is 2.54 bits per heavy atom. The maximum atomic E-state index is 10.7. The molecule has 5 aliphatic rings. The van der Waals surface area contributed by atoms with Gasteiger partial charge in [-0.05, 0) is 98.7 Å². The Morgan fingerprint density at radius 1 is 0.917 bits per heavy atom. The monoisotopic (exact) mass is 332 g/mol. The molecule has 1 N–H and O–H groups in total. The average Bonchev–Trinajstić information content (AvgIpc) is 3.26. The fourth-order valence-corrected chi connectivity index (χ4v) is 7.84. The van der Waals surface area contributed by atoms with Gasteiger partial charge in [-0.3, -0.25) is 0 Å². The van der Waals surface area contributed by atoms with E-state index in [1.807, 2.05) is 0 Å². The summed E-state index contributed by atoms with van der Waals surface area (Å²) in [7, 11) is 0. The highest BCUT2D eigenvalue weighted by atomic mass is 16.5. The van der Waals surface area contributed by atoms with Crippen LogP contribution in [0.25, 0.3) is 0 Å². The summed E-state index contributed by atoms with van der Waals surface area (Å²) in [5, 5.41) is 10.7. The third-order valence-corrected chi connectivity index (χ3v) is 9.33. The highest BCUT2D eigenvalue weighted by Crippen LogP contribution is 2.66. The highest BCUT2D eigenvalue weighted by molar-refractivity contribution is 5.08. The minimum atomic E-state index is -0.208. The lowest BCUT2D eigenvalue weighted by Crippen LogP contribution is -2.56. The second kappa shape index (κ2) is 5.46. The van der Waals surface area contributed by atoms with Crippen LogP contribution in [-0.4, -0.2) is 23.4 Å². The molecule has 0 aromatic heterocycles. The van der Waals surface area contributed by atoms with Crippen molar-refractivity contribution in [1.29, 1.82) is 0 Å². The Kier molecular flexibility index (Phi) is 3.67. The summed E-state index contributed by atoms with van der Waals surface area (Å²) in [5.41, 5.74) is 1.08. The zero-order chi connectivity index (χ0) is 16.5. The van der Waals surface area contributed by atoms with Gasteiger partial charge in [-0.1, -0.05) is 20.3 Å². The van der Waals surface area contributed by atoms with Crippen molar-refractivity contribution in [3.05, 3.63) is 0 Å². The van der Waals surface area contributed by atoms with Crippen molar-refractivity contribution in [3.8, 4) is 0 Å². The molecule has 0 saturated heterocycles. The quantitative estimate of drug-likeness (QED) is 0.776. The van der Waals surface area contributed by atoms with Crippen LogP contribution in [-0.2, 0) is 4.74 Å². The van der Waals surface area contributed by atoms with E-state index < -0.39 is 0 Å². The molecule has 24 heavy (non-hydrogen) atoms. The standard InChI is InChI=1S/C22H36O2/c1-21-10-3-4-17(21)16-8-5-14-12-19(23)20(24-15-6-7-15)13-22(14,2)18(16)9-11-21/h14-20,23H,3-13H2,1-2H3/t14-,16-,17-,18-,19-,20?,21-,22-/m0/s1. The molecule has 2 heteroatoms. The summed E-state index contributed by atoms with van der Waals surface area (Å²) in [6.07, 6.45) is 15.1. The zero-order valence-corrected chi connectivity index (χ0v) is 15.7. The molecule has 5 aliphatic carbocycles. The van der Waals surface area contributed by atoms with Crippen LogP contribution in [0.15, 0.2) is 0 Å². The lowest BCUT2D eigenvalue weighted by Gasteiger charge is -2.61. The number of fused-ring (bicyclic) bond motifs is 5. The Bertz CT molecular complexity index is 500. The van der Waals surface area contributed by atoms with Gasteiger partial charge in [0.1, 0.15) is 0 Å². The molecule has 0 spiro atoms. The third-order valence-electron chi connectivity index (χ3n) is 9.33. The first-order valence-corrected chi connectivity index (χ1v) is 10.8. The minimum absolute atomic E-state index is 0.120. The molecule has 0 heterocycles. The molecule has 1 unspecified atom stereocenters. The van der Waals surface area contributed by atoms with Gasteiger partial charge in [0, 0.05) is 0 Å². The summed E-state index contributed by atoms with van der Waals surface area (Å²) < 4.78 is 6.26. The Morgan fingerprint density at radius 2 is 1.75 bits per heavy atom. The van der Waals surface area contributed by atoms with Crippen LogP contribution >= 0.6 is 0 Å². The van der Waals surface area contributed by atoms with Gasteiger partial charge in [0.2, 0.25) is 0 Å². The van der Waals surface area contributed by atoms with Crippen molar-refractivity contribution in [3.63, 3.8) is 0 Å². The fraction of sp³-hybridized carbons (Fsp3) is 1.00. The average molecular weight is 333 g/mol. The predicted octanol–water partition coefficient (Wildman–Crippen LogP) is 4.94. The van der Waals surface area contributed by atoms with Gasteiger partial charge in [-0.2, -0.15) is 0 Å². The first-order valence-electron chi connectivity index (χ1n) is 10.8. The number of aliphatic hydroxyl groups excluding tert-OH is 1. The summed E-state index contributed by atoms with van der Waals surface area (Å²) in [6, 6.07) is 0. The molecule has 8 atom stereocenters. The smallest absolute Gasteiger partial charge is 0.0843 e. The topological polar surface area (TPSA) is 29.5 Å². The Balaban J connectivity index is 1.40. The molecule has 0 amide bonds. The Hall–Kier alpha value is -0.0800. The molecular weight excluding hydrogens is 296 g/mol. The van der Waals surface area contributed by atoms with E-state index in [-0.39, 0.29) is 12.2 Å². The fourth-order valence-electron chi connectivity index (χ4n) is 7.84. The Labute approximate surface area is 147 Å². The maximum Gasteiger partial charge on any atom is 0.0843 e. The summed E-state index contributed by atoms with van der Waals surface area (Å²) in [4.78, 5) is 0. The van der Waals surface area contributed by atoms with Gasteiger partial charge in [-0.25, -0.2) is 0 Å². The second-order valence-corrected chi connectivity index (χ2v) is 10.6. The summed E-state index contributed by atoms with van der Waals surface area (Å²) in [6.45, 7) is 5.18. The second-order valence-electron chi connectivity index (χ2n) is 10.6. The number of rotatable bonds is 2. The van der Waals surface area contributed by atoms with Crippen molar-refractivity contribution < 1.29 is 9.84 Å². The van der Waals surface area contributed by atoms with E-state index in [1.165, 1.54) is 57.8 Å². The third kappa shape index (κ3) is 2.35. The van der Waals surface area contributed by atoms with E-state index in [4.69, 9.17) is 4.74 Å². The lowest BCUT2D eigenvalue weighted by molar-refractivity contribution is -0.172. The number of hydrogen-bond acceptors (Lipinski definition) is 2. The molecule has 0 aromatic rings. The van der Waals surface area contributed by atoms with E-state index >= 15 is 0 Å². The van der Waals surface area contributed by atoms with E-state index in [2.05, 4.69) is 13.8 Å². The molecule has 0 bridgehead atoms. The molecule has 2 nitrogen and oxygen atoms in total. The van der Waals surface area contributed by atoms with Gasteiger partial charge in [0.25, 0.3) is 0 Å². The summed E-state index contributed by atoms with van der Waals surface area (Å²) >= 11 is 0. The zero-order valence-electron chi connectivity index (χ0n) is 15.7. The van der Waals surface area contributed by atoms with Crippen molar-refractivity contribution in [1.82, 2.24) is 0 Å². The summed E-state index contributed by atoms with van der Waals surface area (Å²) in [5.74, 6) is 3.58. The van der Waals surface area contributed by atoms with Crippen LogP contribution in [0, 0.1) is 34.5 Å². The number of ether oxygens (including phenoxy) is 1. The van der Waals surface area contributed by atoms with E-state index in [0.29, 0.717) is 16.9 Å². The largest absolute Gasteiger partial charge is 0.390 e. The van der Waals surface area contributed by atoms with E-state index in [0.717, 1.165) is 36.5 Å². The first kappa shape index (κ1) is 16.1. The lowest BCUT2D eigenvalue weighted by atomic mass is 9.45. The molecule has 0 aliphatic heterocycles. The highest BCUT2D eigenvalue weighted by Gasteiger charge is 2.59. The van der Waals surface area contributed by atoms with Crippen LogP contribution in [0.3, 0.4) is 0 Å². The molecule has 5 saturated carbocycles. The van der Waals surface area contributed by atoms with Crippen molar-refractivity contribution in [2.75, 3.05) is 0 Å². The minimum Gasteiger partial charge on any atom is -0.390 e. The maximum absolute atomic E-state index is 10.7. The van der Waals surface area contributed by atoms with Crippen molar-refractivity contribution in [2.45, 2.75) is 103 Å². The van der Waals surface area contributed by atoms with Crippen LogP contribution in [0.4, 0.5) is 0 Å². The number of hydrogen-bond donors (Lipinski definition) is 1. The molecule has 5 fully saturated rings. The van der Waals surface area contributed by atoms with Crippen molar-refractivity contribution in [2.24, 2.45) is 34.5 Å². The first-order chi connectivity index (χ1) is 11.5. The van der Waals surface area contributed by atoms with Gasteiger partial charge >= 0.3 is 0 Å². The molecule has 136 valence electrons. The van der Waals surface area contributed by atoms with Crippen LogP contribution in [0.5, 0.6) is 0 Å². The van der Waals surface area contributed by atoms with Crippen LogP contribution in [0.1, 0.15) is 84.5 Å². The van der Waals surface area contributed by atoms with Gasteiger partial charge in [-0.15, -0.1) is 0 Å². The molecular formula is C22H36O2. The van der Waals surface area contributed by atoms with Crippen LogP contribution < -0.4 is 0 Å². The van der Waals surface area contributed by atoms with Gasteiger partial charge in [0.15, 0.2) is 0 Å². The van der Waals surface area contributed by atoms with Gasteiger partial charge in [0.05, 0.1) is 18.3 Å². The van der Waals surface area contributed by atoms with Gasteiger partial charge < -0.3 is 9.84 Å². The van der Waals surface area contributed by atoms with E-state index in [1.54, 1.807) is 0 Å². The predicted molar refractivity (Wildman–Crippen MR) is 95.6 cm³/mol.